The van der Waals surface area contributed by atoms with Gasteiger partial charge in [0.2, 0.25) is 11.8 Å². The first-order valence-corrected chi connectivity index (χ1v) is 7.57. The normalized spacial score (nSPS) is 17.5. The minimum absolute atomic E-state index is 0.237. The van der Waals surface area contributed by atoms with Gasteiger partial charge in [-0.15, -0.1) is 0 Å². The van der Waals surface area contributed by atoms with Crippen LogP contribution in [-0.4, -0.2) is 37.8 Å². The highest BCUT2D eigenvalue weighted by Gasteiger charge is 2.27. The Kier molecular flexibility index (Phi) is 6.10. The van der Waals surface area contributed by atoms with Crippen molar-refractivity contribution in [1.82, 2.24) is 5.32 Å². The molecule has 0 aliphatic carbocycles. The quantitative estimate of drug-likeness (QED) is 0.376. The molecule has 23 heavy (non-hydrogen) atoms. The van der Waals surface area contributed by atoms with Crippen LogP contribution in [0.1, 0.15) is 24.8 Å². The third kappa shape index (κ3) is 4.53. The van der Waals surface area contributed by atoms with Gasteiger partial charge in [0.1, 0.15) is 12.3 Å². The van der Waals surface area contributed by atoms with Crippen molar-refractivity contribution in [3.8, 4) is 0 Å². The lowest BCUT2D eigenvalue weighted by atomic mass is 10.0. The molecule has 1 fully saturated rings. The van der Waals surface area contributed by atoms with E-state index in [0.29, 0.717) is 32.5 Å². The second-order valence-electron chi connectivity index (χ2n) is 5.25. The maximum Gasteiger partial charge on any atom is 0.249 e. The zero-order valence-corrected chi connectivity index (χ0v) is 13.1. The molecule has 0 bridgehead atoms. The summed E-state index contributed by atoms with van der Waals surface area (Å²) in [5, 5.41) is 8.61. The second kappa shape index (κ2) is 8.28. The number of amides is 2. The fourth-order valence-electron chi connectivity index (χ4n) is 2.47. The summed E-state index contributed by atoms with van der Waals surface area (Å²) in [6, 6.07) is 5.21. The minimum atomic E-state index is -0.439. The molecule has 2 amide bonds. The summed E-state index contributed by atoms with van der Waals surface area (Å²) in [5.41, 5.74) is 2.54. The van der Waals surface area contributed by atoms with Gasteiger partial charge in [0.05, 0.1) is 24.6 Å². The van der Waals surface area contributed by atoms with Crippen LogP contribution in [0.5, 0.6) is 0 Å². The third-order valence-corrected chi connectivity index (χ3v) is 3.61. The largest absolute Gasteiger partial charge is 0.386 e. The predicted octanol–water partition coefficient (Wildman–Crippen LogP) is 1.05. The van der Waals surface area contributed by atoms with Crippen LogP contribution in [0.15, 0.2) is 18.2 Å². The standard InChI is InChI=1S/C16H21N3O4/c1-17-15-11(10-23-9-3-8-20)4-2-5-12(15)18-13-6-7-14(21)19-16(13)22/h2,4-5,8,13,17-18H,3,6-7,9-10H2,1H3,(H,19,21,22). The number of carbonyl (C=O) groups is 3. The number of aldehydes is 1. The lowest BCUT2D eigenvalue weighted by molar-refractivity contribution is -0.133. The highest BCUT2D eigenvalue weighted by atomic mass is 16.5. The predicted molar refractivity (Wildman–Crippen MR) is 86.1 cm³/mol. The van der Waals surface area contributed by atoms with Gasteiger partial charge >= 0.3 is 0 Å². The number of piperidine rings is 1. The molecule has 1 unspecified atom stereocenters. The Hall–Kier alpha value is -2.41. The van der Waals surface area contributed by atoms with Crippen molar-refractivity contribution in [2.45, 2.75) is 31.9 Å². The lowest BCUT2D eigenvalue weighted by Gasteiger charge is -2.25. The molecule has 7 heteroatoms. The van der Waals surface area contributed by atoms with E-state index < -0.39 is 6.04 Å². The smallest absolute Gasteiger partial charge is 0.249 e. The lowest BCUT2D eigenvalue weighted by Crippen LogP contribution is -2.47. The molecule has 1 aliphatic heterocycles. The van der Waals surface area contributed by atoms with E-state index in [1.807, 2.05) is 18.2 Å². The molecule has 0 spiro atoms. The molecule has 1 saturated heterocycles. The van der Waals surface area contributed by atoms with Crippen LogP contribution in [0.3, 0.4) is 0 Å². The van der Waals surface area contributed by atoms with Gasteiger partial charge in [-0.1, -0.05) is 12.1 Å². The van der Waals surface area contributed by atoms with Gasteiger partial charge in [0, 0.05) is 25.5 Å². The number of benzene rings is 1. The van der Waals surface area contributed by atoms with E-state index in [1.54, 1.807) is 7.05 Å². The molecule has 2 rings (SSSR count). The van der Waals surface area contributed by atoms with Gasteiger partial charge in [0.25, 0.3) is 0 Å². The Balaban J connectivity index is 2.07. The van der Waals surface area contributed by atoms with Crippen LogP contribution in [0.25, 0.3) is 0 Å². The first-order valence-electron chi connectivity index (χ1n) is 7.57. The van der Waals surface area contributed by atoms with Crippen molar-refractivity contribution in [1.29, 1.82) is 0 Å². The molecule has 0 saturated carbocycles. The molecule has 1 heterocycles. The van der Waals surface area contributed by atoms with Gasteiger partial charge in [-0.25, -0.2) is 0 Å². The van der Waals surface area contributed by atoms with Crippen molar-refractivity contribution in [3.05, 3.63) is 23.8 Å². The Morgan fingerprint density at radius 3 is 2.91 bits per heavy atom. The number of imide groups is 1. The van der Waals surface area contributed by atoms with Crippen molar-refractivity contribution >= 4 is 29.5 Å². The number of hydrogen-bond donors (Lipinski definition) is 3. The molecular formula is C16H21N3O4. The van der Waals surface area contributed by atoms with Crippen molar-refractivity contribution in [3.63, 3.8) is 0 Å². The van der Waals surface area contributed by atoms with Gasteiger partial charge in [0.15, 0.2) is 0 Å². The molecule has 0 radical (unpaired) electrons. The second-order valence-corrected chi connectivity index (χ2v) is 5.25. The number of hydrogen-bond acceptors (Lipinski definition) is 6. The van der Waals surface area contributed by atoms with Crippen LogP contribution in [-0.2, 0) is 25.7 Å². The van der Waals surface area contributed by atoms with E-state index in [0.717, 1.165) is 23.2 Å². The Bertz CT molecular complexity index is 589. The topological polar surface area (TPSA) is 96.5 Å². The molecule has 3 N–H and O–H groups in total. The number of carbonyl (C=O) groups excluding carboxylic acids is 3. The fourth-order valence-corrected chi connectivity index (χ4v) is 2.47. The third-order valence-electron chi connectivity index (χ3n) is 3.61. The van der Waals surface area contributed by atoms with Crippen LogP contribution in [0.2, 0.25) is 0 Å². The maximum atomic E-state index is 11.9. The summed E-state index contributed by atoms with van der Waals surface area (Å²) in [7, 11) is 1.79. The van der Waals surface area contributed by atoms with Crippen LogP contribution < -0.4 is 16.0 Å². The SMILES string of the molecule is CNc1c(COCCC=O)cccc1NC1CCC(=O)NC1=O. The average Bonchev–Trinajstić information content (AvgIpc) is 2.54. The zero-order valence-electron chi connectivity index (χ0n) is 13.1. The van der Waals surface area contributed by atoms with Crippen molar-refractivity contribution in [2.75, 3.05) is 24.3 Å². The summed E-state index contributed by atoms with van der Waals surface area (Å²) in [5.74, 6) is -0.546. The summed E-state index contributed by atoms with van der Waals surface area (Å²) < 4.78 is 5.46. The van der Waals surface area contributed by atoms with E-state index in [1.165, 1.54) is 0 Å². The van der Waals surface area contributed by atoms with E-state index >= 15 is 0 Å². The summed E-state index contributed by atoms with van der Waals surface area (Å²) in [6.07, 6.45) is 1.98. The number of para-hydroxylation sites is 1. The Morgan fingerprint density at radius 1 is 1.39 bits per heavy atom. The monoisotopic (exact) mass is 319 g/mol. The summed E-state index contributed by atoms with van der Waals surface area (Å²) in [4.78, 5) is 33.4. The molecule has 1 aromatic carbocycles. The van der Waals surface area contributed by atoms with E-state index in [4.69, 9.17) is 4.74 Å². The molecule has 1 atom stereocenters. The molecule has 1 aromatic rings. The van der Waals surface area contributed by atoms with E-state index in [9.17, 15) is 14.4 Å². The average molecular weight is 319 g/mol. The summed E-state index contributed by atoms with van der Waals surface area (Å²) in [6.45, 7) is 0.742. The Labute approximate surface area is 134 Å². The number of anilines is 2. The molecular weight excluding hydrogens is 298 g/mol. The fraction of sp³-hybridized carbons (Fsp3) is 0.438. The van der Waals surface area contributed by atoms with Gasteiger partial charge in [-0.2, -0.15) is 0 Å². The number of ether oxygens (including phenoxy) is 1. The minimum Gasteiger partial charge on any atom is -0.386 e. The molecule has 124 valence electrons. The zero-order chi connectivity index (χ0) is 16.7. The Morgan fingerprint density at radius 2 is 2.22 bits per heavy atom. The van der Waals surface area contributed by atoms with Crippen molar-refractivity contribution < 1.29 is 19.1 Å². The number of rotatable bonds is 8. The molecule has 0 aromatic heterocycles. The van der Waals surface area contributed by atoms with Gasteiger partial charge in [-0.05, 0) is 12.5 Å². The van der Waals surface area contributed by atoms with Crippen LogP contribution in [0.4, 0.5) is 11.4 Å². The van der Waals surface area contributed by atoms with E-state index in [2.05, 4.69) is 16.0 Å². The van der Waals surface area contributed by atoms with Crippen LogP contribution >= 0.6 is 0 Å². The first kappa shape index (κ1) is 17.0. The van der Waals surface area contributed by atoms with E-state index in [-0.39, 0.29) is 11.8 Å². The molecule has 7 nitrogen and oxygen atoms in total. The highest BCUT2D eigenvalue weighted by molar-refractivity contribution is 6.01. The highest BCUT2D eigenvalue weighted by Crippen LogP contribution is 2.28. The molecule has 1 aliphatic rings. The van der Waals surface area contributed by atoms with Gasteiger partial charge in [-0.3, -0.25) is 14.9 Å². The summed E-state index contributed by atoms with van der Waals surface area (Å²) >= 11 is 0. The maximum absolute atomic E-state index is 11.9. The first-order chi connectivity index (χ1) is 11.2. The van der Waals surface area contributed by atoms with Crippen LogP contribution in [0, 0.1) is 0 Å². The van der Waals surface area contributed by atoms with Gasteiger partial charge < -0.3 is 20.2 Å². The number of nitrogens with one attached hydrogen (secondary N) is 3. The van der Waals surface area contributed by atoms with Crippen molar-refractivity contribution in [2.24, 2.45) is 0 Å².